The average molecular weight is 402 g/mol. The van der Waals surface area contributed by atoms with Crippen LogP contribution in [0.15, 0.2) is 61.1 Å². The molecule has 2 N–H and O–H groups in total. The molecule has 2 aromatic carbocycles. The van der Waals surface area contributed by atoms with Crippen LogP contribution in [0.4, 0.5) is 10.2 Å². The van der Waals surface area contributed by atoms with Crippen LogP contribution in [0.25, 0.3) is 10.9 Å². The summed E-state index contributed by atoms with van der Waals surface area (Å²) in [5, 5.41) is 10.7. The van der Waals surface area contributed by atoms with Gasteiger partial charge in [-0.25, -0.2) is 9.97 Å². The Morgan fingerprint density at radius 3 is 2.83 bits per heavy atom. The number of fused-ring (bicyclic) bond motifs is 2. The Balaban J connectivity index is 1.42. The first-order valence-electron chi connectivity index (χ1n) is 9.71. The molecule has 0 fully saturated rings. The fourth-order valence-electron chi connectivity index (χ4n) is 4.00. The summed E-state index contributed by atoms with van der Waals surface area (Å²) in [6.07, 6.45) is 5.12. The highest BCUT2D eigenvalue weighted by Gasteiger charge is 2.29. The van der Waals surface area contributed by atoms with E-state index in [4.69, 9.17) is 0 Å². The molecule has 0 spiro atoms. The zero-order valence-corrected chi connectivity index (χ0v) is 16.0. The van der Waals surface area contributed by atoms with Gasteiger partial charge in [-0.3, -0.25) is 9.89 Å². The number of hydrogen-bond acceptors (Lipinski definition) is 5. The molecule has 0 saturated carbocycles. The lowest BCUT2D eigenvalue weighted by molar-refractivity contribution is 0.0952. The number of carbonyl (C=O) groups is 1. The maximum Gasteiger partial charge on any atom is 0.255 e. The van der Waals surface area contributed by atoms with Gasteiger partial charge in [0.25, 0.3) is 11.9 Å². The van der Waals surface area contributed by atoms with Crippen molar-refractivity contribution >= 4 is 22.6 Å². The number of benzene rings is 2. The molecule has 1 atom stereocenters. The lowest BCUT2D eigenvalue weighted by Crippen LogP contribution is -2.48. The predicted molar refractivity (Wildman–Crippen MR) is 111 cm³/mol. The molecular formula is C22H19FN6O. The number of carbonyl (C=O) groups excluding carboxylic acids is 1. The molecule has 0 bridgehead atoms. The van der Waals surface area contributed by atoms with E-state index in [0.717, 1.165) is 16.5 Å². The minimum Gasteiger partial charge on any atom is -0.350 e. The van der Waals surface area contributed by atoms with Crippen molar-refractivity contribution in [3.8, 4) is 0 Å². The summed E-state index contributed by atoms with van der Waals surface area (Å²) in [6, 6.07) is 13.4. The summed E-state index contributed by atoms with van der Waals surface area (Å²) in [5.41, 5.74) is 3.66. The smallest absolute Gasteiger partial charge is 0.255 e. The molecule has 5 rings (SSSR count). The van der Waals surface area contributed by atoms with Crippen LogP contribution in [0.1, 0.15) is 21.5 Å². The first kappa shape index (κ1) is 18.2. The van der Waals surface area contributed by atoms with Gasteiger partial charge < -0.3 is 10.2 Å². The number of nitrogens with one attached hydrogen (secondary N) is 2. The van der Waals surface area contributed by atoms with Gasteiger partial charge in [0.05, 0.1) is 23.3 Å². The number of H-pyrrole nitrogens is 1. The molecule has 30 heavy (non-hydrogen) atoms. The van der Waals surface area contributed by atoms with E-state index in [2.05, 4.69) is 31.5 Å². The molecule has 7 nitrogen and oxygen atoms in total. The Hall–Kier alpha value is -3.81. The zero-order valence-electron chi connectivity index (χ0n) is 16.0. The van der Waals surface area contributed by atoms with Gasteiger partial charge in [-0.15, -0.1) is 0 Å². The Morgan fingerprint density at radius 2 is 1.97 bits per heavy atom. The van der Waals surface area contributed by atoms with Crippen molar-refractivity contribution in [3.05, 3.63) is 83.7 Å². The minimum absolute atomic E-state index is 0.154. The average Bonchev–Trinajstić information content (AvgIpc) is 3.26. The molecule has 8 heteroatoms. The van der Waals surface area contributed by atoms with Gasteiger partial charge in [0.15, 0.2) is 5.82 Å². The number of aromatic amines is 1. The number of anilines is 1. The second kappa shape index (κ2) is 7.55. The predicted octanol–water partition coefficient (Wildman–Crippen LogP) is 2.85. The van der Waals surface area contributed by atoms with Crippen LogP contribution < -0.4 is 10.2 Å². The van der Waals surface area contributed by atoms with Crippen molar-refractivity contribution in [3.63, 3.8) is 0 Å². The van der Waals surface area contributed by atoms with Crippen molar-refractivity contribution in [1.29, 1.82) is 0 Å². The number of rotatable bonds is 4. The molecule has 0 radical (unpaired) electrons. The molecular weight excluding hydrogens is 383 g/mol. The SMILES string of the molecule is O=C(NCC1Cc2ccccc2CN1c1nccnc1F)c1cccc2[nH]ncc12. The summed E-state index contributed by atoms with van der Waals surface area (Å²) >= 11 is 0. The van der Waals surface area contributed by atoms with E-state index >= 15 is 0 Å². The first-order valence-corrected chi connectivity index (χ1v) is 9.71. The highest BCUT2D eigenvalue weighted by atomic mass is 19.1. The van der Waals surface area contributed by atoms with Crippen molar-refractivity contribution in [1.82, 2.24) is 25.5 Å². The van der Waals surface area contributed by atoms with E-state index < -0.39 is 5.95 Å². The number of hydrogen-bond donors (Lipinski definition) is 2. The van der Waals surface area contributed by atoms with Gasteiger partial charge >= 0.3 is 0 Å². The maximum atomic E-state index is 14.4. The molecule has 4 aromatic rings. The standard InChI is InChI=1S/C22H19FN6O/c23-20-21(25-9-8-24-20)29-13-15-5-2-1-4-14(15)10-16(29)11-26-22(30)17-6-3-7-19-18(17)12-27-28-19/h1-9,12,16H,10-11,13H2,(H,26,30)(H,27,28). The fraction of sp³-hybridized carbons (Fsp3) is 0.182. The van der Waals surface area contributed by atoms with Crippen molar-refractivity contribution < 1.29 is 9.18 Å². The number of amides is 1. The third kappa shape index (κ3) is 3.26. The minimum atomic E-state index is -0.614. The van der Waals surface area contributed by atoms with E-state index in [-0.39, 0.29) is 17.8 Å². The largest absolute Gasteiger partial charge is 0.350 e. The molecule has 0 saturated heterocycles. The van der Waals surface area contributed by atoms with E-state index in [9.17, 15) is 9.18 Å². The Labute approximate surface area is 172 Å². The molecule has 1 unspecified atom stereocenters. The summed E-state index contributed by atoms with van der Waals surface area (Å²) in [5.74, 6) is -0.611. The lowest BCUT2D eigenvalue weighted by atomic mass is 9.94. The highest BCUT2D eigenvalue weighted by Crippen LogP contribution is 2.28. The Kier molecular flexibility index (Phi) is 4.59. The van der Waals surface area contributed by atoms with E-state index in [1.54, 1.807) is 12.3 Å². The molecule has 0 aliphatic carbocycles. The van der Waals surface area contributed by atoms with E-state index in [1.807, 2.05) is 35.2 Å². The van der Waals surface area contributed by atoms with E-state index in [1.165, 1.54) is 18.0 Å². The second-order valence-electron chi connectivity index (χ2n) is 7.27. The van der Waals surface area contributed by atoms with Crippen LogP contribution in [-0.4, -0.2) is 38.7 Å². The van der Waals surface area contributed by atoms with Gasteiger partial charge in [0.2, 0.25) is 0 Å². The van der Waals surface area contributed by atoms with Crippen LogP contribution in [-0.2, 0) is 13.0 Å². The molecule has 1 amide bonds. The van der Waals surface area contributed by atoms with Crippen molar-refractivity contribution in [2.24, 2.45) is 0 Å². The van der Waals surface area contributed by atoms with Gasteiger partial charge in [0.1, 0.15) is 0 Å². The van der Waals surface area contributed by atoms with Crippen molar-refractivity contribution in [2.75, 3.05) is 11.4 Å². The lowest BCUT2D eigenvalue weighted by Gasteiger charge is -2.37. The maximum absolute atomic E-state index is 14.4. The third-order valence-electron chi connectivity index (χ3n) is 5.49. The van der Waals surface area contributed by atoms with Crippen LogP contribution >= 0.6 is 0 Å². The zero-order chi connectivity index (χ0) is 20.5. The normalized spacial score (nSPS) is 15.8. The second-order valence-corrected chi connectivity index (χ2v) is 7.27. The molecule has 3 heterocycles. The molecule has 150 valence electrons. The van der Waals surface area contributed by atoms with Gasteiger partial charge in [-0.1, -0.05) is 30.3 Å². The fourth-order valence-corrected chi connectivity index (χ4v) is 4.00. The monoisotopic (exact) mass is 402 g/mol. The summed E-state index contributed by atoms with van der Waals surface area (Å²) in [7, 11) is 0. The summed E-state index contributed by atoms with van der Waals surface area (Å²) in [6.45, 7) is 0.848. The Bertz CT molecular complexity index is 1220. The third-order valence-corrected chi connectivity index (χ3v) is 5.49. The summed E-state index contributed by atoms with van der Waals surface area (Å²) < 4.78 is 14.4. The molecule has 2 aromatic heterocycles. The number of halogens is 1. The van der Waals surface area contributed by atoms with Gasteiger partial charge in [-0.05, 0) is 29.7 Å². The quantitative estimate of drug-likeness (QED) is 0.548. The molecule has 1 aliphatic heterocycles. The van der Waals surface area contributed by atoms with Crippen LogP contribution in [0.3, 0.4) is 0 Å². The van der Waals surface area contributed by atoms with Gasteiger partial charge in [-0.2, -0.15) is 9.49 Å². The van der Waals surface area contributed by atoms with Crippen LogP contribution in [0.2, 0.25) is 0 Å². The van der Waals surface area contributed by atoms with Gasteiger partial charge in [0, 0.05) is 30.9 Å². The summed E-state index contributed by atoms with van der Waals surface area (Å²) in [4.78, 5) is 22.7. The number of aromatic nitrogens is 4. The number of nitrogens with zero attached hydrogens (tertiary/aromatic N) is 4. The van der Waals surface area contributed by atoms with Crippen LogP contribution in [0.5, 0.6) is 0 Å². The van der Waals surface area contributed by atoms with E-state index in [0.29, 0.717) is 25.1 Å². The first-order chi connectivity index (χ1) is 14.7. The molecule has 1 aliphatic rings. The highest BCUT2D eigenvalue weighted by molar-refractivity contribution is 6.06. The van der Waals surface area contributed by atoms with Crippen LogP contribution in [0, 0.1) is 5.95 Å². The van der Waals surface area contributed by atoms with Crippen molar-refractivity contribution in [2.45, 2.75) is 19.0 Å². The topological polar surface area (TPSA) is 86.8 Å². The Morgan fingerprint density at radius 1 is 1.13 bits per heavy atom.